The lowest BCUT2D eigenvalue weighted by molar-refractivity contribution is -0.129. The van der Waals surface area contributed by atoms with Crippen LogP contribution >= 0.6 is 0 Å². The van der Waals surface area contributed by atoms with Gasteiger partial charge in [-0.3, -0.25) is 9.59 Å². The third kappa shape index (κ3) is 4.97. The van der Waals surface area contributed by atoms with Gasteiger partial charge in [-0.05, 0) is 29.7 Å². The van der Waals surface area contributed by atoms with Crippen molar-refractivity contribution in [1.29, 1.82) is 0 Å². The van der Waals surface area contributed by atoms with Crippen LogP contribution in [0.4, 0.5) is 4.39 Å². The first-order chi connectivity index (χ1) is 13.5. The molecule has 0 unspecified atom stereocenters. The summed E-state index contributed by atoms with van der Waals surface area (Å²) in [4.78, 5) is 28.9. The van der Waals surface area contributed by atoms with Crippen molar-refractivity contribution >= 4 is 22.7 Å². The number of para-hydroxylation sites is 1. The molecule has 0 atom stereocenters. The average Bonchev–Trinajstić information content (AvgIpc) is 3.08. The van der Waals surface area contributed by atoms with E-state index in [1.54, 1.807) is 23.1 Å². The van der Waals surface area contributed by atoms with Crippen molar-refractivity contribution in [2.75, 3.05) is 19.6 Å². The van der Waals surface area contributed by atoms with Crippen LogP contribution in [0.25, 0.3) is 10.9 Å². The molecular formula is C22H24FN3O2. The Hall–Kier alpha value is -3.15. The normalized spacial score (nSPS) is 10.8. The maximum Gasteiger partial charge on any atom is 0.224 e. The van der Waals surface area contributed by atoms with E-state index in [1.165, 1.54) is 13.0 Å². The van der Waals surface area contributed by atoms with Crippen LogP contribution in [0.1, 0.15) is 18.1 Å². The predicted octanol–water partition coefficient (Wildman–Crippen LogP) is 3.06. The average molecular weight is 381 g/mol. The molecule has 0 fully saturated rings. The zero-order valence-electron chi connectivity index (χ0n) is 15.9. The first-order valence-electron chi connectivity index (χ1n) is 9.35. The van der Waals surface area contributed by atoms with Gasteiger partial charge in [0.05, 0.1) is 6.42 Å². The lowest BCUT2D eigenvalue weighted by Gasteiger charge is -2.21. The first-order valence-corrected chi connectivity index (χ1v) is 9.35. The molecule has 2 N–H and O–H groups in total. The molecule has 2 aromatic carbocycles. The van der Waals surface area contributed by atoms with Gasteiger partial charge in [0.2, 0.25) is 11.8 Å². The molecule has 146 valence electrons. The Morgan fingerprint density at radius 1 is 1.04 bits per heavy atom. The van der Waals surface area contributed by atoms with Crippen molar-refractivity contribution in [1.82, 2.24) is 15.2 Å². The minimum absolute atomic E-state index is 0.0950. The minimum Gasteiger partial charge on any atom is -0.361 e. The molecule has 0 aliphatic heterocycles. The van der Waals surface area contributed by atoms with E-state index in [9.17, 15) is 14.0 Å². The molecule has 6 heteroatoms. The Bertz CT molecular complexity index is 967. The van der Waals surface area contributed by atoms with E-state index >= 15 is 0 Å². The molecule has 0 spiro atoms. The summed E-state index contributed by atoms with van der Waals surface area (Å²) >= 11 is 0. The molecule has 28 heavy (non-hydrogen) atoms. The predicted molar refractivity (Wildman–Crippen MR) is 107 cm³/mol. The summed E-state index contributed by atoms with van der Waals surface area (Å²) < 4.78 is 13.7. The van der Waals surface area contributed by atoms with Crippen LogP contribution in [0, 0.1) is 5.82 Å². The molecule has 5 nitrogen and oxygen atoms in total. The van der Waals surface area contributed by atoms with Gasteiger partial charge >= 0.3 is 0 Å². The highest BCUT2D eigenvalue weighted by molar-refractivity contribution is 5.88. The molecule has 0 saturated heterocycles. The highest BCUT2D eigenvalue weighted by Crippen LogP contribution is 2.17. The van der Waals surface area contributed by atoms with E-state index in [-0.39, 0.29) is 24.1 Å². The number of hydrogen-bond donors (Lipinski definition) is 2. The summed E-state index contributed by atoms with van der Waals surface area (Å²) in [5.41, 5.74) is 2.52. The number of amides is 2. The Morgan fingerprint density at radius 3 is 2.57 bits per heavy atom. The summed E-state index contributed by atoms with van der Waals surface area (Å²) in [7, 11) is 0. The van der Waals surface area contributed by atoms with Gasteiger partial charge in [0.15, 0.2) is 0 Å². The fraction of sp³-hybridized carbons (Fsp3) is 0.273. The Morgan fingerprint density at radius 2 is 1.79 bits per heavy atom. The smallest absolute Gasteiger partial charge is 0.224 e. The summed E-state index contributed by atoms with van der Waals surface area (Å²) in [6, 6.07) is 14.4. The fourth-order valence-corrected chi connectivity index (χ4v) is 3.23. The monoisotopic (exact) mass is 381 g/mol. The number of nitrogens with one attached hydrogen (secondary N) is 2. The lowest BCUT2D eigenvalue weighted by Crippen LogP contribution is -2.39. The third-order valence-electron chi connectivity index (χ3n) is 4.78. The standard InChI is InChI=1S/C22H24FN3O2/c1-16(27)26(12-10-17-6-2-4-8-20(17)23)13-11-24-22(28)14-18-15-25-21-9-5-3-7-19(18)21/h2-9,15,25H,10-14H2,1H3,(H,24,28). The van der Waals surface area contributed by atoms with Crippen LogP contribution < -0.4 is 5.32 Å². The van der Waals surface area contributed by atoms with Crippen LogP contribution in [-0.2, 0) is 22.4 Å². The second-order valence-electron chi connectivity index (χ2n) is 6.73. The molecule has 3 rings (SSSR count). The largest absolute Gasteiger partial charge is 0.361 e. The number of H-pyrrole nitrogens is 1. The highest BCUT2D eigenvalue weighted by atomic mass is 19.1. The zero-order valence-corrected chi connectivity index (χ0v) is 15.9. The van der Waals surface area contributed by atoms with E-state index in [0.29, 0.717) is 31.6 Å². The molecule has 0 aliphatic rings. The molecule has 2 amide bonds. The van der Waals surface area contributed by atoms with E-state index in [0.717, 1.165) is 16.5 Å². The van der Waals surface area contributed by atoms with Gasteiger partial charge in [0, 0.05) is 43.7 Å². The Kier molecular flexibility index (Phi) is 6.42. The quantitative estimate of drug-likeness (QED) is 0.630. The van der Waals surface area contributed by atoms with Gasteiger partial charge in [-0.1, -0.05) is 36.4 Å². The summed E-state index contributed by atoms with van der Waals surface area (Å²) in [5, 5.41) is 3.89. The van der Waals surface area contributed by atoms with Crippen LogP contribution in [0.15, 0.2) is 54.7 Å². The number of benzene rings is 2. The summed E-state index contributed by atoms with van der Waals surface area (Å²) in [5.74, 6) is -0.456. The molecule has 3 aromatic rings. The second-order valence-corrected chi connectivity index (χ2v) is 6.73. The molecule has 1 heterocycles. The summed E-state index contributed by atoms with van der Waals surface area (Å²) in [6.07, 6.45) is 2.56. The number of aromatic amines is 1. The van der Waals surface area contributed by atoms with Gasteiger partial charge in [-0.2, -0.15) is 0 Å². The maximum atomic E-state index is 13.7. The van der Waals surface area contributed by atoms with Crippen LogP contribution in [0.2, 0.25) is 0 Å². The summed E-state index contributed by atoms with van der Waals surface area (Å²) in [6.45, 7) is 2.64. The topological polar surface area (TPSA) is 65.2 Å². The van der Waals surface area contributed by atoms with Crippen molar-refractivity contribution < 1.29 is 14.0 Å². The molecule has 1 aromatic heterocycles. The third-order valence-corrected chi connectivity index (χ3v) is 4.78. The number of carbonyl (C=O) groups excluding carboxylic acids is 2. The van der Waals surface area contributed by atoms with Gasteiger partial charge in [0.25, 0.3) is 0 Å². The van der Waals surface area contributed by atoms with E-state index in [2.05, 4.69) is 10.3 Å². The van der Waals surface area contributed by atoms with Crippen molar-refractivity contribution in [2.45, 2.75) is 19.8 Å². The Labute approximate surface area is 163 Å². The maximum absolute atomic E-state index is 13.7. The Balaban J connectivity index is 1.48. The van der Waals surface area contributed by atoms with Gasteiger partial charge < -0.3 is 15.2 Å². The number of halogens is 1. The van der Waals surface area contributed by atoms with Gasteiger partial charge in [-0.25, -0.2) is 4.39 Å². The number of fused-ring (bicyclic) bond motifs is 1. The SMILES string of the molecule is CC(=O)N(CCNC(=O)Cc1c[nH]c2ccccc12)CCc1ccccc1F. The van der Waals surface area contributed by atoms with E-state index in [1.807, 2.05) is 30.5 Å². The van der Waals surface area contributed by atoms with Crippen LogP contribution in [-0.4, -0.2) is 41.3 Å². The number of rotatable bonds is 8. The molecule has 0 aliphatic carbocycles. The zero-order chi connectivity index (χ0) is 19.9. The fourth-order valence-electron chi connectivity index (χ4n) is 3.23. The van der Waals surface area contributed by atoms with E-state index in [4.69, 9.17) is 0 Å². The number of hydrogen-bond acceptors (Lipinski definition) is 2. The number of carbonyl (C=O) groups is 2. The van der Waals surface area contributed by atoms with Crippen molar-refractivity contribution in [3.8, 4) is 0 Å². The lowest BCUT2D eigenvalue weighted by atomic mass is 10.1. The number of nitrogens with zero attached hydrogens (tertiary/aromatic N) is 1. The van der Waals surface area contributed by atoms with Crippen molar-refractivity contribution in [3.05, 3.63) is 71.7 Å². The minimum atomic E-state index is -0.266. The molecule has 0 bridgehead atoms. The molecule has 0 saturated carbocycles. The second kappa shape index (κ2) is 9.17. The first kappa shape index (κ1) is 19.6. The van der Waals surface area contributed by atoms with Crippen LogP contribution in [0.5, 0.6) is 0 Å². The van der Waals surface area contributed by atoms with Gasteiger partial charge in [-0.15, -0.1) is 0 Å². The molecule has 0 radical (unpaired) electrons. The van der Waals surface area contributed by atoms with Crippen LogP contribution in [0.3, 0.4) is 0 Å². The van der Waals surface area contributed by atoms with E-state index < -0.39 is 0 Å². The highest BCUT2D eigenvalue weighted by Gasteiger charge is 2.12. The van der Waals surface area contributed by atoms with Crippen molar-refractivity contribution in [3.63, 3.8) is 0 Å². The van der Waals surface area contributed by atoms with Crippen molar-refractivity contribution in [2.24, 2.45) is 0 Å². The number of aromatic nitrogens is 1. The molecular weight excluding hydrogens is 357 g/mol. The van der Waals surface area contributed by atoms with Gasteiger partial charge in [0.1, 0.15) is 5.82 Å².